The first kappa shape index (κ1) is 10.4. The van der Waals surface area contributed by atoms with E-state index < -0.39 is 0 Å². The number of aromatic nitrogens is 2. The Morgan fingerprint density at radius 2 is 2.06 bits per heavy atom. The van der Waals surface area contributed by atoms with Gasteiger partial charge in [-0.2, -0.15) is 5.10 Å². The average molecular weight is 215 g/mol. The number of anilines is 1. The van der Waals surface area contributed by atoms with Gasteiger partial charge in [-0.05, 0) is 25.1 Å². The van der Waals surface area contributed by atoms with Crippen LogP contribution >= 0.6 is 0 Å². The van der Waals surface area contributed by atoms with Crippen molar-refractivity contribution >= 4 is 11.6 Å². The summed E-state index contributed by atoms with van der Waals surface area (Å²) in [5, 5.41) is 6.86. The predicted octanol–water partition coefficient (Wildman–Crippen LogP) is 2.08. The second kappa shape index (κ2) is 4.61. The van der Waals surface area contributed by atoms with Crippen molar-refractivity contribution in [2.45, 2.75) is 13.0 Å². The van der Waals surface area contributed by atoms with Crippen molar-refractivity contribution in [2.24, 2.45) is 0 Å². The van der Waals surface area contributed by atoms with E-state index in [1.54, 1.807) is 23.1 Å². The van der Waals surface area contributed by atoms with Gasteiger partial charge >= 0.3 is 0 Å². The third kappa shape index (κ3) is 2.28. The molecule has 1 amide bonds. The van der Waals surface area contributed by atoms with Crippen molar-refractivity contribution in [3.63, 3.8) is 0 Å². The molecule has 0 bridgehead atoms. The molecule has 16 heavy (non-hydrogen) atoms. The number of nitrogens with zero attached hydrogens (tertiary/aromatic N) is 2. The third-order valence-electron chi connectivity index (χ3n) is 2.34. The van der Waals surface area contributed by atoms with Gasteiger partial charge in [0.2, 0.25) is 5.91 Å². The summed E-state index contributed by atoms with van der Waals surface area (Å²) in [7, 11) is 0. The van der Waals surface area contributed by atoms with E-state index in [1.807, 2.05) is 37.3 Å². The first-order valence-corrected chi connectivity index (χ1v) is 5.12. The normalized spacial score (nSPS) is 12.1. The zero-order valence-corrected chi connectivity index (χ0v) is 9.00. The second-order valence-corrected chi connectivity index (χ2v) is 3.52. The van der Waals surface area contributed by atoms with E-state index in [2.05, 4.69) is 10.4 Å². The lowest BCUT2D eigenvalue weighted by molar-refractivity contribution is -0.119. The van der Waals surface area contributed by atoms with Gasteiger partial charge in [0.05, 0.1) is 0 Å². The van der Waals surface area contributed by atoms with E-state index in [9.17, 15) is 4.79 Å². The van der Waals surface area contributed by atoms with Crippen LogP contribution in [0.2, 0.25) is 0 Å². The molecule has 1 aromatic carbocycles. The molecule has 1 atom stereocenters. The molecule has 0 saturated heterocycles. The molecule has 82 valence electrons. The van der Waals surface area contributed by atoms with Crippen molar-refractivity contribution in [1.29, 1.82) is 0 Å². The van der Waals surface area contributed by atoms with Crippen LogP contribution in [0.25, 0.3) is 0 Å². The summed E-state index contributed by atoms with van der Waals surface area (Å²) in [6.07, 6.45) is 3.43. The maximum Gasteiger partial charge on any atom is 0.248 e. The molecule has 0 fully saturated rings. The highest BCUT2D eigenvalue weighted by atomic mass is 16.2. The molecule has 1 aromatic heterocycles. The first-order chi connectivity index (χ1) is 7.77. The van der Waals surface area contributed by atoms with E-state index in [0.29, 0.717) is 0 Å². The number of para-hydroxylation sites is 1. The summed E-state index contributed by atoms with van der Waals surface area (Å²) in [5.41, 5.74) is 0.798. The van der Waals surface area contributed by atoms with E-state index in [-0.39, 0.29) is 11.9 Å². The molecule has 0 aliphatic carbocycles. The molecule has 0 saturated carbocycles. The van der Waals surface area contributed by atoms with Gasteiger partial charge < -0.3 is 5.32 Å². The Morgan fingerprint density at radius 3 is 2.69 bits per heavy atom. The van der Waals surface area contributed by atoms with Crippen molar-refractivity contribution in [3.05, 3.63) is 48.8 Å². The summed E-state index contributed by atoms with van der Waals surface area (Å²) in [6.45, 7) is 1.81. The fourth-order valence-electron chi connectivity index (χ4n) is 1.40. The average Bonchev–Trinajstić information content (AvgIpc) is 2.83. The molecule has 2 aromatic rings. The van der Waals surface area contributed by atoms with Crippen LogP contribution in [0.3, 0.4) is 0 Å². The molecule has 0 aliphatic heterocycles. The second-order valence-electron chi connectivity index (χ2n) is 3.52. The number of rotatable bonds is 3. The first-order valence-electron chi connectivity index (χ1n) is 5.12. The van der Waals surface area contributed by atoms with Gasteiger partial charge in [-0.25, -0.2) is 0 Å². The highest BCUT2D eigenvalue weighted by Gasteiger charge is 2.14. The standard InChI is InChI=1S/C12H13N3O/c1-10(15-9-5-8-13-15)12(16)14-11-6-3-2-4-7-11/h2-10H,1H3,(H,14,16). The molecule has 1 unspecified atom stereocenters. The van der Waals surface area contributed by atoms with Crippen molar-refractivity contribution in [2.75, 3.05) is 5.32 Å². The summed E-state index contributed by atoms with van der Waals surface area (Å²) in [5.74, 6) is -0.0742. The van der Waals surface area contributed by atoms with Gasteiger partial charge in [-0.1, -0.05) is 18.2 Å². The molecule has 4 heteroatoms. The smallest absolute Gasteiger partial charge is 0.248 e. The van der Waals surface area contributed by atoms with Crippen LogP contribution in [0, 0.1) is 0 Å². The molecule has 1 heterocycles. The number of carbonyl (C=O) groups is 1. The Hall–Kier alpha value is -2.10. The van der Waals surface area contributed by atoms with Crippen molar-refractivity contribution in [1.82, 2.24) is 9.78 Å². The molecule has 0 spiro atoms. The van der Waals surface area contributed by atoms with Gasteiger partial charge in [0, 0.05) is 18.1 Å². The van der Waals surface area contributed by atoms with E-state index in [4.69, 9.17) is 0 Å². The highest BCUT2D eigenvalue weighted by molar-refractivity contribution is 5.93. The SMILES string of the molecule is CC(C(=O)Nc1ccccc1)n1cccn1. The lowest BCUT2D eigenvalue weighted by atomic mass is 10.3. The zero-order chi connectivity index (χ0) is 11.4. The van der Waals surface area contributed by atoms with Gasteiger partial charge in [0.1, 0.15) is 6.04 Å². The summed E-state index contributed by atoms with van der Waals surface area (Å²) in [6, 6.07) is 10.9. The van der Waals surface area contributed by atoms with Crippen LogP contribution in [-0.4, -0.2) is 15.7 Å². The minimum atomic E-state index is -0.310. The number of nitrogens with one attached hydrogen (secondary N) is 1. The lowest BCUT2D eigenvalue weighted by Gasteiger charge is -2.12. The fraction of sp³-hybridized carbons (Fsp3) is 0.167. The van der Waals surface area contributed by atoms with E-state index >= 15 is 0 Å². The lowest BCUT2D eigenvalue weighted by Crippen LogP contribution is -2.23. The minimum Gasteiger partial charge on any atom is -0.324 e. The molecule has 4 nitrogen and oxygen atoms in total. The van der Waals surface area contributed by atoms with Crippen LogP contribution in [0.4, 0.5) is 5.69 Å². The topological polar surface area (TPSA) is 46.9 Å². The van der Waals surface area contributed by atoms with Crippen LogP contribution in [0.1, 0.15) is 13.0 Å². The number of hydrogen-bond acceptors (Lipinski definition) is 2. The molecular weight excluding hydrogens is 202 g/mol. The molecular formula is C12H13N3O. The summed E-state index contributed by atoms with van der Waals surface area (Å²) in [4.78, 5) is 11.8. The molecule has 0 radical (unpaired) electrons. The largest absolute Gasteiger partial charge is 0.324 e. The number of amides is 1. The van der Waals surface area contributed by atoms with Gasteiger partial charge in [-0.3, -0.25) is 9.48 Å². The van der Waals surface area contributed by atoms with Gasteiger partial charge in [-0.15, -0.1) is 0 Å². The fourth-order valence-corrected chi connectivity index (χ4v) is 1.40. The third-order valence-corrected chi connectivity index (χ3v) is 2.34. The zero-order valence-electron chi connectivity index (χ0n) is 9.00. The summed E-state index contributed by atoms with van der Waals surface area (Å²) >= 11 is 0. The highest BCUT2D eigenvalue weighted by Crippen LogP contribution is 2.10. The predicted molar refractivity (Wildman–Crippen MR) is 62.0 cm³/mol. The molecule has 2 rings (SSSR count). The van der Waals surface area contributed by atoms with Gasteiger partial charge in [0.25, 0.3) is 0 Å². The number of benzene rings is 1. The summed E-state index contributed by atoms with van der Waals surface area (Å²) < 4.78 is 1.62. The quantitative estimate of drug-likeness (QED) is 0.852. The maximum atomic E-state index is 11.8. The Labute approximate surface area is 93.9 Å². The molecule has 1 N–H and O–H groups in total. The van der Waals surface area contributed by atoms with Crippen LogP contribution in [0.15, 0.2) is 48.8 Å². The van der Waals surface area contributed by atoms with Crippen LogP contribution in [-0.2, 0) is 4.79 Å². The Balaban J connectivity index is 2.04. The number of carbonyl (C=O) groups excluding carboxylic acids is 1. The molecule has 0 aliphatic rings. The monoisotopic (exact) mass is 215 g/mol. The van der Waals surface area contributed by atoms with Crippen molar-refractivity contribution in [3.8, 4) is 0 Å². The maximum absolute atomic E-state index is 11.8. The minimum absolute atomic E-state index is 0.0742. The Kier molecular flexibility index (Phi) is 3.00. The van der Waals surface area contributed by atoms with E-state index in [0.717, 1.165) is 5.69 Å². The van der Waals surface area contributed by atoms with E-state index in [1.165, 1.54) is 0 Å². The van der Waals surface area contributed by atoms with Crippen LogP contribution < -0.4 is 5.32 Å². The Bertz CT molecular complexity index is 450. The number of hydrogen-bond donors (Lipinski definition) is 1. The van der Waals surface area contributed by atoms with Crippen molar-refractivity contribution < 1.29 is 4.79 Å². The Morgan fingerprint density at radius 1 is 1.31 bits per heavy atom. The van der Waals surface area contributed by atoms with Gasteiger partial charge in [0.15, 0.2) is 0 Å². The van der Waals surface area contributed by atoms with Crippen LogP contribution in [0.5, 0.6) is 0 Å².